The van der Waals surface area contributed by atoms with Crippen LogP contribution in [0.1, 0.15) is 36.5 Å². The molecule has 0 radical (unpaired) electrons. The Bertz CT molecular complexity index is 564. The van der Waals surface area contributed by atoms with Gasteiger partial charge >= 0.3 is 0 Å². The molecule has 1 N–H and O–H groups in total. The van der Waals surface area contributed by atoms with Crippen LogP contribution in [0, 0.1) is 5.82 Å². The van der Waals surface area contributed by atoms with Crippen LogP contribution < -0.4 is 0 Å². The molecule has 1 aliphatic heterocycles. The molecule has 0 amide bonds. The number of nitrogens with one attached hydrogen (secondary N) is 1. The first-order valence-electron chi connectivity index (χ1n) is 7.12. The van der Waals surface area contributed by atoms with Crippen LogP contribution in [0.5, 0.6) is 0 Å². The number of nitrogens with zero attached hydrogens (tertiary/aromatic N) is 3. The molecule has 1 saturated heterocycles. The molecular formula is C15H19FN4. The highest BCUT2D eigenvalue weighted by Crippen LogP contribution is 2.27. The molecule has 1 aromatic heterocycles. The number of benzene rings is 1. The fourth-order valence-corrected chi connectivity index (χ4v) is 2.76. The molecule has 20 heavy (non-hydrogen) atoms. The van der Waals surface area contributed by atoms with Gasteiger partial charge in [-0.1, -0.05) is 19.1 Å². The zero-order valence-electron chi connectivity index (χ0n) is 11.6. The number of aromatic amines is 1. The van der Waals surface area contributed by atoms with Crippen LogP contribution in [0.4, 0.5) is 4.39 Å². The van der Waals surface area contributed by atoms with Crippen molar-refractivity contribution in [3.8, 4) is 0 Å². The van der Waals surface area contributed by atoms with Crippen molar-refractivity contribution in [3.63, 3.8) is 0 Å². The van der Waals surface area contributed by atoms with Crippen molar-refractivity contribution in [1.29, 1.82) is 0 Å². The van der Waals surface area contributed by atoms with E-state index >= 15 is 0 Å². The minimum Gasteiger partial charge on any atom is -0.295 e. The SMILES string of the molecule is CCc1n[nH]c(CN2CCC(c3ccc(F)cc3)C2)n1. The summed E-state index contributed by atoms with van der Waals surface area (Å²) in [6, 6.07) is 6.88. The van der Waals surface area contributed by atoms with E-state index in [1.807, 2.05) is 19.1 Å². The van der Waals surface area contributed by atoms with Gasteiger partial charge in [-0.3, -0.25) is 10.00 Å². The minimum absolute atomic E-state index is 0.169. The van der Waals surface area contributed by atoms with Crippen LogP contribution in [0.2, 0.25) is 0 Å². The Morgan fingerprint density at radius 1 is 1.35 bits per heavy atom. The molecule has 5 heteroatoms. The van der Waals surface area contributed by atoms with E-state index in [1.54, 1.807) is 12.1 Å². The lowest BCUT2D eigenvalue weighted by molar-refractivity contribution is 0.318. The van der Waals surface area contributed by atoms with E-state index in [4.69, 9.17) is 0 Å². The third-order valence-electron chi connectivity index (χ3n) is 3.88. The summed E-state index contributed by atoms with van der Waals surface area (Å²) in [5.41, 5.74) is 1.22. The van der Waals surface area contributed by atoms with Gasteiger partial charge in [-0.25, -0.2) is 9.37 Å². The minimum atomic E-state index is -0.169. The average molecular weight is 274 g/mol. The molecule has 1 fully saturated rings. The predicted molar refractivity (Wildman–Crippen MR) is 74.8 cm³/mol. The van der Waals surface area contributed by atoms with Crippen molar-refractivity contribution in [3.05, 3.63) is 47.3 Å². The summed E-state index contributed by atoms with van der Waals surface area (Å²) in [7, 11) is 0. The first kappa shape index (κ1) is 13.2. The highest BCUT2D eigenvalue weighted by Gasteiger charge is 2.24. The molecule has 3 rings (SSSR count). The zero-order valence-corrected chi connectivity index (χ0v) is 11.6. The van der Waals surface area contributed by atoms with Gasteiger partial charge in [0.2, 0.25) is 0 Å². The fourth-order valence-electron chi connectivity index (χ4n) is 2.76. The maximum Gasteiger partial charge on any atom is 0.150 e. The average Bonchev–Trinajstić information content (AvgIpc) is 3.09. The van der Waals surface area contributed by atoms with Crippen molar-refractivity contribution < 1.29 is 4.39 Å². The number of rotatable bonds is 4. The second kappa shape index (κ2) is 5.71. The van der Waals surface area contributed by atoms with E-state index in [-0.39, 0.29) is 5.82 Å². The largest absolute Gasteiger partial charge is 0.295 e. The zero-order chi connectivity index (χ0) is 13.9. The van der Waals surface area contributed by atoms with E-state index in [2.05, 4.69) is 20.1 Å². The van der Waals surface area contributed by atoms with Crippen LogP contribution in [0.25, 0.3) is 0 Å². The summed E-state index contributed by atoms with van der Waals surface area (Å²) in [6.45, 7) is 4.90. The van der Waals surface area contributed by atoms with Crippen LogP contribution >= 0.6 is 0 Å². The van der Waals surface area contributed by atoms with Crippen LogP contribution in [-0.2, 0) is 13.0 Å². The number of likely N-dealkylation sites (tertiary alicyclic amines) is 1. The predicted octanol–water partition coefficient (Wildman–Crippen LogP) is 2.50. The van der Waals surface area contributed by atoms with Gasteiger partial charge in [0.05, 0.1) is 6.54 Å². The molecule has 4 nitrogen and oxygen atoms in total. The topological polar surface area (TPSA) is 44.8 Å². The summed E-state index contributed by atoms with van der Waals surface area (Å²) in [4.78, 5) is 6.81. The molecule has 0 saturated carbocycles. The lowest BCUT2D eigenvalue weighted by atomic mass is 9.99. The van der Waals surface area contributed by atoms with Crippen LogP contribution in [-0.4, -0.2) is 33.2 Å². The van der Waals surface area contributed by atoms with Gasteiger partial charge < -0.3 is 0 Å². The first-order valence-corrected chi connectivity index (χ1v) is 7.12. The molecule has 1 aliphatic rings. The molecule has 0 aliphatic carbocycles. The summed E-state index contributed by atoms with van der Waals surface area (Å²) in [6.07, 6.45) is 1.97. The highest BCUT2D eigenvalue weighted by molar-refractivity contribution is 5.22. The Morgan fingerprint density at radius 2 is 2.15 bits per heavy atom. The first-order chi connectivity index (χ1) is 9.74. The molecule has 2 aromatic rings. The standard InChI is InChI=1S/C15H19FN4/c1-2-14-17-15(19-18-14)10-20-8-7-12(9-20)11-3-5-13(16)6-4-11/h3-6,12H,2,7-10H2,1H3,(H,17,18,19). The molecule has 1 atom stereocenters. The number of halogens is 1. The van der Waals surface area contributed by atoms with Crippen molar-refractivity contribution in [2.75, 3.05) is 13.1 Å². The fraction of sp³-hybridized carbons (Fsp3) is 0.467. The molecule has 1 aromatic carbocycles. The van der Waals surface area contributed by atoms with Gasteiger partial charge in [0.25, 0.3) is 0 Å². The number of aryl methyl sites for hydroxylation is 1. The van der Waals surface area contributed by atoms with Gasteiger partial charge in [0, 0.05) is 13.0 Å². The Hall–Kier alpha value is -1.75. The van der Waals surface area contributed by atoms with E-state index in [9.17, 15) is 4.39 Å². The summed E-state index contributed by atoms with van der Waals surface area (Å²) >= 11 is 0. The molecular weight excluding hydrogens is 255 g/mol. The van der Waals surface area contributed by atoms with E-state index < -0.39 is 0 Å². The van der Waals surface area contributed by atoms with Crippen molar-refractivity contribution >= 4 is 0 Å². The quantitative estimate of drug-likeness (QED) is 0.931. The van der Waals surface area contributed by atoms with E-state index in [0.717, 1.165) is 44.1 Å². The van der Waals surface area contributed by atoms with Gasteiger partial charge in [0.15, 0.2) is 0 Å². The Labute approximate surface area is 118 Å². The maximum atomic E-state index is 12.9. The van der Waals surface area contributed by atoms with E-state index in [0.29, 0.717) is 5.92 Å². The normalized spacial score (nSPS) is 19.6. The van der Waals surface area contributed by atoms with Crippen LogP contribution in [0.3, 0.4) is 0 Å². The second-order valence-electron chi connectivity index (χ2n) is 5.32. The number of H-pyrrole nitrogens is 1. The third-order valence-corrected chi connectivity index (χ3v) is 3.88. The Balaban J connectivity index is 1.60. The number of aromatic nitrogens is 3. The number of hydrogen-bond donors (Lipinski definition) is 1. The van der Waals surface area contributed by atoms with E-state index in [1.165, 1.54) is 5.56 Å². The van der Waals surface area contributed by atoms with Gasteiger partial charge in [0.1, 0.15) is 17.5 Å². The molecule has 2 heterocycles. The van der Waals surface area contributed by atoms with Gasteiger partial charge in [-0.15, -0.1) is 0 Å². The summed E-state index contributed by atoms with van der Waals surface area (Å²) < 4.78 is 12.9. The molecule has 106 valence electrons. The molecule has 0 spiro atoms. The maximum absolute atomic E-state index is 12.9. The Kier molecular flexibility index (Phi) is 3.78. The van der Waals surface area contributed by atoms with Gasteiger partial charge in [-0.2, -0.15) is 5.10 Å². The molecule has 1 unspecified atom stereocenters. The lowest BCUT2D eigenvalue weighted by Gasteiger charge is -2.14. The monoisotopic (exact) mass is 274 g/mol. The van der Waals surface area contributed by atoms with Crippen LogP contribution in [0.15, 0.2) is 24.3 Å². The van der Waals surface area contributed by atoms with Crippen molar-refractivity contribution in [1.82, 2.24) is 20.1 Å². The third kappa shape index (κ3) is 2.88. The van der Waals surface area contributed by atoms with Crippen molar-refractivity contribution in [2.45, 2.75) is 32.2 Å². The molecule has 0 bridgehead atoms. The smallest absolute Gasteiger partial charge is 0.150 e. The highest BCUT2D eigenvalue weighted by atomic mass is 19.1. The summed E-state index contributed by atoms with van der Waals surface area (Å²) in [5.74, 6) is 2.12. The van der Waals surface area contributed by atoms with Gasteiger partial charge in [-0.05, 0) is 36.6 Å². The van der Waals surface area contributed by atoms with Crippen molar-refractivity contribution in [2.24, 2.45) is 0 Å². The second-order valence-corrected chi connectivity index (χ2v) is 5.32. The lowest BCUT2D eigenvalue weighted by Crippen LogP contribution is -2.20. The Morgan fingerprint density at radius 3 is 2.85 bits per heavy atom. The summed E-state index contributed by atoms with van der Waals surface area (Å²) in [5, 5.41) is 7.15. The number of hydrogen-bond acceptors (Lipinski definition) is 3.